The minimum atomic E-state index is 0.925. The molecule has 3 nitrogen and oxygen atoms in total. The van der Waals surface area contributed by atoms with E-state index in [1.165, 1.54) is 0 Å². The Hall–Kier alpha value is -1.77. The summed E-state index contributed by atoms with van der Waals surface area (Å²) in [6.07, 6.45) is 2.02. The van der Waals surface area contributed by atoms with E-state index in [1.807, 2.05) is 55.2 Å². The molecule has 0 amide bonds. The molecule has 0 unspecified atom stereocenters. The monoisotopic (exact) mass is 187 g/mol. The second kappa shape index (κ2) is 3.54. The quantitative estimate of drug-likeness (QED) is 0.781. The molecule has 1 N–H and O–H groups in total. The number of nitrogens with one attached hydrogen (secondary N) is 1. The molecule has 0 saturated carbocycles. The van der Waals surface area contributed by atoms with Crippen LogP contribution in [0, 0.1) is 6.92 Å². The standard InChI is InChI=1S/C11H13N3/c1-9-8-14(13-11(9)12-2)10-6-4-3-5-7-10/h3-8H,1-2H3,(H,12,13). The molecule has 72 valence electrons. The van der Waals surface area contributed by atoms with Crippen LogP contribution in [0.15, 0.2) is 36.5 Å². The first kappa shape index (κ1) is 8.81. The van der Waals surface area contributed by atoms with Gasteiger partial charge in [0, 0.05) is 18.8 Å². The van der Waals surface area contributed by atoms with Crippen LogP contribution in [-0.2, 0) is 0 Å². The van der Waals surface area contributed by atoms with Gasteiger partial charge in [-0.05, 0) is 19.1 Å². The van der Waals surface area contributed by atoms with Crippen LogP contribution in [0.25, 0.3) is 5.69 Å². The van der Waals surface area contributed by atoms with Gasteiger partial charge in [-0.3, -0.25) is 0 Å². The Labute approximate surface area is 83.4 Å². The van der Waals surface area contributed by atoms with Crippen LogP contribution in [0.4, 0.5) is 5.82 Å². The van der Waals surface area contributed by atoms with Gasteiger partial charge in [-0.1, -0.05) is 18.2 Å². The van der Waals surface area contributed by atoms with Crippen molar-refractivity contribution in [3.05, 3.63) is 42.1 Å². The Morgan fingerprint density at radius 2 is 1.93 bits per heavy atom. The maximum atomic E-state index is 4.40. The second-order valence-corrected chi connectivity index (χ2v) is 3.19. The third-order valence-electron chi connectivity index (χ3n) is 2.15. The molecular weight excluding hydrogens is 174 g/mol. The normalized spacial score (nSPS) is 10.1. The van der Waals surface area contributed by atoms with Crippen LogP contribution >= 0.6 is 0 Å². The van der Waals surface area contributed by atoms with Crippen LogP contribution in [0.1, 0.15) is 5.56 Å². The number of para-hydroxylation sites is 1. The molecule has 0 aliphatic rings. The average Bonchev–Trinajstić information content (AvgIpc) is 2.61. The van der Waals surface area contributed by atoms with E-state index in [9.17, 15) is 0 Å². The Kier molecular flexibility index (Phi) is 2.23. The molecule has 0 bridgehead atoms. The average molecular weight is 187 g/mol. The summed E-state index contributed by atoms with van der Waals surface area (Å²) >= 11 is 0. The molecule has 0 radical (unpaired) electrons. The smallest absolute Gasteiger partial charge is 0.151 e. The molecule has 0 atom stereocenters. The maximum Gasteiger partial charge on any atom is 0.151 e. The van der Waals surface area contributed by atoms with Gasteiger partial charge in [-0.2, -0.15) is 5.10 Å². The van der Waals surface area contributed by atoms with E-state index in [4.69, 9.17) is 0 Å². The predicted molar refractivity (Wildman–Crippen MR) is 57.8 cm³/mol. The van der Waals surface area contributed by atoms with Gasteiger partial charge < -0.3 is 5.32 Å². The van der Waals surface area contributed by atoms with Crippen molar-refractivity contribution in [3.63, 3.8) is 0 Å². The lowest BCUT2D eigenvalue weighted by Gasteiger charge is -1.99. The van der Waals surface area contributed by atoms with Crippen molar-refractivity contribution in [3.8, 4) is 5.69 Å². The zero-order chi connectivity index (χ0) is 9.97. The topological polar surface area (TPSA) is 29.9 Å². The van der Waals surface area contributed by atoms with Crippen molar-refractivity contribution in [1.82, 2.24) is 9.78 Å². The Morgan fingerprint density at radius 1 is 1.21 bits per heavy atom. The maximum absolute atomic E-state index is 4.40. The van der Waals surface area contributed by atoms with Crippen molar-refractivity contribution in [2.45, 2.75) is 6.92 Å². The molecular formula is C11H13N3. The number of benzene rings is 1. The van der Waals surface area contributed by atoms with Crippen molar-refractivity contribution in [2.75, 3.05) is 12.4 Å². The molecule has 0 aliphatic carbocycles. The number of aromatic nitrogens is 2. The summed E-state index contributed by atoms with van der Waals surface area (Å²) in [4.78, 5) is 0. The highest BCUT2D eigenvalue weighted by Crippen LogP contribution is 2.14. The Bertz CT molecular complexity index is 417. The Balaban J connectivity index is 2.43. The lowest BCUT2D eigenvalue weighted by Crippen LogP contribution is -1.95. The third kappa shape index (κ3) is 1.48. The minimum Gasteiger partial charge on any atom is -0.371 e. The van der Waals surface area contributed by atoms with E-state index in [0.29, 0.717) is 0 Å². The molecule has 1 aromatic heterocycles. The number of hydrogen-bond donors (Lipinski definition) is 1. The molecule has 2 rings (SSSR count). The van der Waals surface area contributed by atoms with Gasteiger partial charge in [0.15, 0.2) is 5.82 Å². The molecule has 1 aromatic carbocycles. The van der Waals surface area contributed by atoms with Crippen LogP contribution < -0.4 is 5.32 Å². The molecule has 0 spiro atoms. The number of rotatable bonds is 2. The fourth-order valence-corrected chi connectivity index (χ4v) is 1.42. The van der Waals surface area contributed by atoms with Gasteiger partial charge in [0.05, 0.1) is 5.69 Å². The summed E-state index contributed by atoms with van der Waals surface area (Å²) in [6.45, 7) is 2.04. The molecule has 0 fully saturated rings. The molecule has 3 heteroatoms. The van der Waals surface area contributed by atoms with Crippen LogP contribution in [0.3, 0.4) is 0 Å². The number of hydrogen-bond acceptors (Lipinski definition) is 2. The zero-order valence-electron chi connectivity index (χ0n) is 8.36. The summed E-state index contributed by atoms with van der Waals surface area (Å²) in [5, 5.41) is 7.46. The van der Waals surface area contributed by atoms with Gasteiger partial charge >= 0.3 is 0 Å². The molecule has 0 saturated heterocycles. The minimum absolute atomic E-state index is 0.925. The fourth-order valence-electron chi connectivity index (χ4n) is 1.42. The SMILES string of the molecule is CNc1nn(-c2ccccc2)cc1C. The summed E-state index contributed by atoms with van der Waals surface area (Å²) < 4.78 is 1.88. The summed E-state index contributed by atoms with van der Waals surface area (Å²) in [6, 6.07) is 10.1. The summed E-state index contributed by atoms with van der Waals surface area (Å²) in [5.41, 5.74) is 2.23. The van der Waals surface area contributed by atoms with Crippen molar-refractivity contribution in [1.29, 1.82) is 0 Å². The largest absolute Gasteiger partial charge is 0.371 e. The highest BCUT2D eigenvalue weighted by atomic mass is 15.3. The van der Waals surface area contributed by atoms with Crippen molar-refractivity contribution >= 4 is 5.82 Å². The highest BCUT2D eigenvalue weighted by Gasteiger charge is 2.03. The molecule has 1 heterocycles. The number of nitrogens with zero attached hydrogens (tertiary/aromatic N) is 2. The first-order valence-electron chi connectivity index (χ1n) is 4.60. The van der Waals surface area contributed by atoms with Gasteiger partial charge in [0.2, 0.25) is 0 Å². The van der Waals surface area contributed by atoms with E-state index < -0.39 is 0 Å². The van der Waals surface area contributed by atoms with E-state index in [0.717, 1.165) is 17.1 Å². The lowest BCUT2D eigenvalue weighted by atomic mass is 10.3. The van der Waals surface area contributed by atoms with Crippen molar-refractivity contribution in [2.24, 2.45) is 0 Å². The number of anilines is 1. The van der Waals surface area contributed by atoms with Gasteiger partial charge in [0.1, 0.15) is 0 Å². The van der Waals surface area contributed by atoms with Crippen LogP contribution in [0.5, 0.6) is 0 Å². The van der Waals surface area contributed by atoms with E-state index in [1.54, 1.807) is 0 Å². The highest BCUT2D eigenvalue weighted by molar-refractivity contribution is 5.44. The fraction of sp³-hybridized carbons (Fsp3) is 0.182. The summed E-state index contributed by atoms with van der Waals surface area (Å²) in [7, 11) is 1.88. The summed E-state index contributed by atoms with van der Waals surface area (Å²) in [5.74, 6) is 0.925. The van der Waals surface area contributed by atoms with Crippen LogP contribution in [0.2, 0.25) is 0 Å². The van der Waals surface area contributed by atoms with Crippen molar-refractivity contribution < 1.29 is 0 Å². The van der Waals surface area contributed by atoms with Gasteiger partial charge in [-0.25, -0.2) is 4.68 Å². The van der Waals surface area contributed by atoms with Gasteiger partial charge in [0.25, 0.3) is 0 Å². The van der Waals surface area contributed by atoms with Gasteiger partial charge in [-0.15, -0.1) is 0 Å². The molecule has 2 aromatic rings. The molecule has 0 aliphatic heterocycles. The lowest BCUT2D eigenvalue weighted by molar-refractivity contribution is 0.882. The molecule has 14 heavy (non-hydrogen) atoms. The Morgan fingerprint density at radius 3 is 2.50 bits per heavy atom. The zero-order valence-corrected chi connectivity index (χ0v) is 8.36. The predicted octanol–water partition coefficient (Wildman–Crippen LogP) is 2.22. The first-order chi connectivity index (χ1) is 6.81. The number of aryl methyl sites for hydroxylation is 1. The van der Waals surface area contributed by atoms with E-state index in [2.05, 4.69) is 10.4 Å². The second-order valence-electron chi connectivity index (χ2n) is 3.19. The third-order valence-corrected chi connectivity index (χ3v) is 2.15. The first-order valence-corrected chi connectivity index (χ1v) is 4.60. The van der Waals surface area contributed by atoms with E-state index >= 15 is 0 Å². The van der Waals surface area contributed by atoms with E-state index in [-0.39, 0.29) is 0 Å². The van der Waals surface area contributed by atoms with Crippen LogP contribution in [-0.4, -0.2) is 16.8 Å².